The molecule has 0 radical (unpaired) electrons. The third-order valence-corrected chi connectivity index (χ3v) is 4.13. The molecule has 3 nitrogen and oxygen atoms in total. The van der Waals surface area contributed by atoms with Gasteiger partial charge in [0.2, 0.25) is 0 Å². The first-order valence-corrected chi connectivity index (χ1v) is 6.98. The third-order valence-electron chi connectivity index (χ3n) is 3.80. The third kappa shape index (κ3) is 2.22. The molecule has 0 amide bonds. The van der Waals surface area contributed by atoms with Crippen LogP contribution in [0.1, 0.15) is 24.4 Å². The summed E-state index contributed by atoms with van der Waals surface area (Å²) in [5, 5.41) is 4.07. The van der Waals surface area contributed by atoms with E-state index in [0.717, 1.165) is 25.9 Å². The molecule has 2 saturated heterocycles. The summed E-state index contributed by atoms with van der Waals surface area (Å²) < 4.78 is 5.62. The van der Waals surface area contributed by atoms with Crippen molar-refractivity contribution in [1.29, 1.82) is 0 Å². The van der Waals surface area contributed by atoms with Crippen LogP contribution in [0.15, 0.2) is 30.3 Å². The average molecular weight is 262 g/mol. The molecule has 1 atom stereocenters. The Kier molecular flexibility index (Phi) is 3.48. The van der Waals surface area contributed by atoms with E-state index < -0.39 is 0 Å². The summed E-state index contributed by atoms with van der Waals surface area (Å²) in [7, 11) is 0. The highest BCUT2D eigenvalue weighted by molar-refractivity contribution is 7.80. The van der Waals surface area contributed by atoms with Gasteiger partial charge in [-0.25, -0.2) is 0 Å². The first kappa shape index (κ1) is 11.9. The van der Waals surface area contributed by atoms with E-state index in [0.29, 0.717) is 23.9 Å². The zero-order chi connectivity index (χ0) is 12.4. The largest absolute Gasteiger partial charge is 0.468 e. The van der Waals surface area contributed by atoms with Crippen molar-refractivity contribution in [3.05, 3.63) is 35.9 Å². The molecular weight excluding hydrogens is 244 g/mol. The minimum Gasteiger partial charge on any atom is -0.468 e. The number of rotatable bonds is 2. The summed E-state index contributed by atoms with van der Waals surface area (Å²) in [6.45, 7) is 2.84. The van der Waals surface area contributed by atoms with Crippen LogP contribution in [0.4, 0.5) is 0 Å². The van der Waals surface area contributed by atoms with Gasteiger partial charge in [-0.3, -0.25) is 0 Å². The molecule has 1 N–H and O–H groups in total. The van der Waals surface area contributed by atoms with Crippen molar-refractivity contribution in [2.24, 2.45) is 0 Å². The molecule has 2 aliphatic heterocycles. The van der Waals surface area contributed by atoms with Gasteiger partial charge in [-0.05, 0) is 43.7 Å². The highest BCUT2D eigenvalue weighted by atomic mass is 32.1. The fraction of sp³-hybridized carbons (Fsp3) is 0.500. The Labute approximate surface area is 113 Å². The number of nitrogens with zero attached hydrogens (tertiary/aromatic N) is 1. The molecule has 0 aromatic heterocycles. The van der Waals surface area contributed by atoms with Crippen molar-refractivity contribution < 1.29 is 4.74 Å². The van der Waals surface area contributed by atoms with Crippen LogP contribution in [-0.2, 0) is 4.74 Å². The van der Waals surface area contributed by atoms with E-state index in [2.05, 4.69) is 34.5 Å². The quantitative estimate of drug-likeness (QED) is 0.825. The van der Waals surface area contributed by atoms with Gasteiger partial charge in [-0.1, -0.05) is 30.3 Å². The van der Waals surface area contributed by atoms with Crippen LogP contribution >= 0.6 is 12.2 Å². The van der Waals surface area contributed by atoms with E-state index in [1.54, 1.807) is 0 Å². The molecule has 96 valence electrons. The van der Waals surface area contributed by atoms with E-state index in [4.69, 9.17) is 17.0 Å². The van der Waals surface area contributed by atoms with Crippen molar-refractivity contribution in [1.82, 2.24) is 10.2 Å². The Hall–Kier alpha value is -1.13. The van der Waals surface area contributed by atoms with Gasteiger partial charge in [0.25, 0.3) is 5.17 Å². The Balaban J connectivity index is 1.83. The molecule has 1 aromatic rings. The second-order valence-corrected chi connectivity index (χ2v) is 5.24. The fourth-order valence-electron chi connectivity index (χ4n) is 2.85. The Morgan fingerprint density at radius 1 is 1.17 bits per heavy atom. The van der Waals surface area contributed by atoms with Crippen LogP contribution in [0.3, 0.4) is 0 Å². The summed E-state index contributed by atoms with van der Waals surface area (Å²) >= 11 is 5.38. The minimum atomic E-state index is 0.293. The summed E-state index contributed by atoms with van der Waals surface area (Å²) in [5.74, 6) is 0. The smallest absolute Gasteiger partial charge is 0.260 e. The minimum absolute atomic E-state index is 0.293. The first-order valence-electron chi connectivity index (χ1n) is 6.57. The van der Waals surface area contributed by atoms with Crippen LogP contribution in [0.5, 0.6) is 0 Å². The number of hydrogen-bond acceptors (Lipinski definition) is 3. The highest BCUT2D eigenvalue weighted by Gasteiger charge is 2.36. The van der Waals surface area contributed by atoms with Gasteiger partial charge in [-0.15, -0.1) is 0 Å². The molecule has 2 heterocycles. The zero-order valence-corrected chi connectivity index (χ0v) is 11.2. The second kappa shape index (κ2) is 5.24. The van der Waals surface area contributed by atoms with Crippen molar-refractivity contribution in [2.75, 3.05) is 19.7 Å². The van der Waals surface area contributed by atoms with Gasteiger partial charge < -0.3 is 15.0 Å². The zero-order valence-electron chi connectivity index (χ0n) is 10.3. The van der Waals surface area contributed by atoms with E-state index in [1.807, 2.05) is 6.07 Å². The number of hydrogen-bond donors (Lipinski definition) is 1. The Morgan fingerprint density at radius 2 is 1.89 bits per heavy atom. The molecule has 2 fully saturated rings. The Bertz CT molecular complexity index is 417. The molecule has 0 bridgehead atoms. The van der Waals surface area contributed by atoms with E-state index in [9.17, 15) is 0 Å². The van der Waals surface area contributed by atoms with Crippen molar-refractivity contribution in [3.63, 3.8) is 0 Å². The van der Waals surface area contributed by atoms with Crippen molar-refractivity contribution in [3.8, 4) is 0 Å². The molecule has 1 aromatic carbocycles. The number of piperidine rings is 1. The van der Waals surface area contributed by atoms with Gasteiger partial charge >= 0.3 is 0 Å². The molecule has 0 saturated carbocycles. The van der Waals surface area contributed by atoms with Crippen LogP contribution in [0, 0.1) is 0 Å². The summed E-state index contributed by atoms with van der Waals surface area (Å²) in [6, 6.07) is 11.3. The lowest BCUT2D eigenvalue weighted by Gasteiger charge is -2.35. The van der Waals surface area contributed by atoms with Crippen molar-refractivity contribution >= 4 is 17.4 Å². The molecule has 2 aliphatic rings. The summed E-state index contributed by atoms with van der Waals surface area (Å²) in [6.07, 6.45) is 2.29. The van der Waals surface area contributed by atoms with Gasteiger partial charge in [0.05, 0.1) is 6.04 Å². The predicted octanol–water partition coefficient (Wildman–Crippen LogP) is 2.10. The normalized spacial score (nSPS) is 25.2. The summed E-state index contributed by atoms with van der Waals surface area (Å²) in [5.41, 5.74) is 1.30. The Morgan fingerprint density at radius 3 is 2.61 bits per heavy atom. The lowest BCUT2D eigenvalue weighted by atomic mass is 10.0. The van der Waals surface area contributed by atoms with Gasteiger partial charge in [0.1, 0.15) is 6.61 Å². The SMILES string of the molecule is S=C1OCC(c2ccccc2)N1C1CCNCC1. The maximum Gasteiger partial charge on any atom is 0.260 e. The molecule has 0 aliphatic carbocycles. The second-order valence-electron chi connectivity index (χ2n) is 4.89. The lowest BCUT2D eigenvalue weighted by Crippen LogP contribution is -2.44. The maximum absolute atomic E-state index is 5.62. The van der Waals surface area contributed by atoms with Crippen LogP contribution < -0.4 is 5.32 Å². The monoisotopic (exact) mass is 262 g/mol. The predicted molar refractivity (Wildman–Crippen MR) is 75.5 cm³/mol. The molecule has 3 rings (SSSR count). The van der Waals surface area contributed by atoms with Crippen molar-refractivity contribution in [2.45, 2.75) is 24.9 Å². The van der Waals surface area contributed by atoms with E-state index in [1.165, 1.54) is 5.56 Å². The molecule has 1 unspecified atom stereocenters. The number of benzene rings is 1. The number of ether oxygens (including phenoxy) is 1. The van der Waals surface area contributed by atoms with Gasteiger partial charge in [0.15, 0.2) is 0 Å². The average Bonchev–Trinajstić information content (AvgIpc) is 2.83. The van der Waals surface area contributed by atoms with Crippen LogP contribution in [0.25, 0.3) is 0 Å². The van der Waals surface area contributed by atoms with Gasteiger partial charge in [0, 0.05) is 6.04 Å². The topological polar surface area (TPSA) is 24.5 Å². The molecule has 4 heteroatoms. The lowest BCUT2D eigenvalue weighted by molar-refractivity contribution is 0.220. The highest BCUT2D eigenvalue weighted by Crippen LogP contribution is 2.32. The number of nitrogens with one attached hydrogen (secondary N) is 1. The molecule has 0 spiro atoms. The maximum atomic E-state index is 5.62. The molecular formula is C14H18N2OS. The number of thiocarbonyl (C=S) groups is 1. The first-order chi connectivity index (χ1) is 8.86. The molecule has 18 heavy (non-hydrogen) atoms. The van der Waals surface area contributed by atoms with Crippen LogP contribution in [0.2, 0.25) is 0 Å². The van der Waals surface area contributed by atoms with Crippen LogP contribution in [-0.4, -0.2) is 35.8 Å². The fourth-order valence-corrected chi connectivity index (χ4v) is 3.20. The van der Waals surface area contributed by atoms with Gasteiger partial charge in [-0.2, -0.15) is 0 Å². The summed E-state index contributed by atoms with van der Waals surface area (Å²) in [4.78, 5) is 2.31. The van der Waals surface area contributed by atoms with E-state index >= 15 is 0 Å². The van der Waals surface area contributed by atoms with E-state index in [-0.39, 0.29) is 0 Å². The standard InChI is InChI=1S/C14H18N2OS/c18-14-16(12-6-8-15-9-7-12)13(10-17-14)11-4-2-1-3-5-11/h1-5,12-13,15H,6-10H2.